The molecule has 0 aliphatic carbocycles. The number of methoxy groups -OCH3 is 1. The summed E-state index contributed by atoms with van der Waals surface area (Å²) in [6, 6.07) is 10.4. The van der Waals surface area contributed by atoms with Crippen LogP contribution >= 0.6 is 0 Å². The minimum absolute atomic E-state index is 0.0469. The monoisotopic (exact) mass is 439 g/mol. The normalized spacial score (nSPS) is 11.0. The van der Waals surface area contributed by atoms with Crippen LogP contribution in [0.3, 0.4) is 0 Å². The van der Waals surface area contributed by atoms with E-state index >= 15 is 0 Å². The highest BCUT2D eigenvalue weighted by Crippen LogP contribution is 2.30. The Hall–Kier alpha value is -4.28. The molecule has 2 heterocycles. The summed E-state index contributed by atoms with van der Waals surface area (Å²) in [4.78, 5) is 21.4. The second-order valence-corrected chi connectivity index (χ2v) is 6.96. The van der Waals surface area contributed by atoms with Gasteiger partial charge in [-0.3, -0.25) is 4.90 Å². The van der Waals surface area contributed by atoms with Crippen LogP contribution in [-0.4, -0.2) is 40.0 Å². The van der Waals surface area contributed by atoms with Crippen molar-refractivity contribution in [3.8, 4) is 5.95 Å². The van der Waals surface area contributed by atoms with Crippen LogP contribution in [0.25, 0.3) is 16.9 Å². The molecular weight excluding hydrogens is 420 g/mol. The van der Waals surface area contributed by atoms with Crippen LogP contribution in [0.2, 0.25) is 0 Å². The maximum absolute atomic E-state index is 14.2. The minimum Gasteiger partial charge on any atom is -0.452 e. The van der Waals surface area contributed by atoms with Gasteiger partial charge in [0.05, 0.1) is 18.3 Å². The van der Waals surface area contributed by atoms with E-state index in [0.717, 1.165) is 23.1 Å². The van der Waals surface area contributed by atoms with Gasteiger partial charge in [-0.1, -0.05) is 18.2 Å². The number of hydrogen-bond donors (Lipinski definition) is 2. The Labute approximate surface area is 181 Å². The van der Waals surface area contributed by atoms with Gasteiger partial charge in [-0.05, 0) is 29.8 Å². The summed E-state index contributed by atoms with van der Waals surface area (Å²) in [7, 11) is 2.64. The molecule has 0 bridgehead atoms. The molecule has 0 aliphatic heterocycles. The van der Waals surface area contributed by atoms with Crippen LogP contribution in [0.15, 0.2) is 42.5 Å². The summed E-state index contributed by atoms with van der Waals surface area (Å²) < 4.78 is 33.9. The summed E-state index contributed by atoms with van der Waals surface area (Å²) in [6.45, 7) is 0. The predicted octanol–water partition coefficient (Wildman–Crippen LogP) is 3.05. The molecule has 0 atom stereocenters. The van der Waals surface area contributed by atoms with Crippen molar-refractivity contribution in [2.24, 2.45) is 0 Å². The molecule has 0 aliphatic rings. The zero-order chi connectivity index (χ0) is 23.0. The smallest absolute Gasteiger partial charge is 0.413 e. The van der Waals surface area contributed by atoms with Crippen molar-refractivity contribution in [1.29, 1.82) is 0 Å². The molecule has 164 valence electrons. The summed E-state index contributed by atoms with van der Waals surface area (Å²) in [6.07, 6.45) is -0.644. The summed E-state index contributed by atoms with van der Waals surface area (Å²) in [5.74, 6) is -1.14. The van der Waals surface area contributed by atoms with Crippen molar-refractivity contribution in [2.75, 3.05) is 30.5 Å². The number of fused-ring (bicyclic) bond motifs is 1. The third-order valence-corrected chi connectivity index (χ3v) is 4.93. The van der Waals surface area contributed by atoms with Crippen LogP contribution in [0.5, 0.6) is 0 Å². The van der Waals surface area contributed by atoms with Gasteiger partial charge in [-0.2, -0.15) is 19.7 Å². The van der Waals surface area contributed by atoms with Crippen molar-refractivity contribution in [3.63, 3.8) is 0 Å². The fourth-order valence-corrected chi connectivity index (χ4v) is 3.42. The lowest BCUT2D eigenvalue weighted by Gasteiger charge is -2.18. The van der Waals surface area contributed by atoms with Crippen molar-refractivity contribution in [3.05, 3.63) is 65.4 Å². The number of benzene rings is 2. The van der Waals surface area contributed by atoms with Gasteiger partial charge >= 0.3 is 6.09 Å². The Kier molecular flexibility index (Phi) is 5.31. The molecule has 0 unspecified atom stereocenters. The van der Waals surface area contributed by atoms with Crippen molar-refractivity contribution in [2.45, 2.75) is 6.42 Å². The molecule has 4 N–H and O–H groups in total. The van der Waals surface area contributed by atoms with Gasteiger partial charge < -0.3 is 16.2 Å². The summed E-state index contributed by atoms with van der Waals surface area (Å²) >= 11 is 0. The number of ether oxygens (including phenoxy) is 1. The number of anilines is 3. The largest absolute Gasteiger partial charge is 0.452 e. The Morgan fingerprint density at radius 1 is 1.12 bits per heavy atom. The Bertz CT molecular complexity index is 1320. The number of nitrogens with zero attached hydrogens (tertiary/aromatic N) is 5. The quantitative estimate of drug-likeness (QED) is 0.501. The first kappa shape index (κ1) is 21.0. The Morgan fingerprint density at radius 2 is 1.81 bits per heavy atom. The zero-order valence-corrected chi connectivity index (χ0v) is 17.2. The number of carbonyl (C=O) groups is 1. The number of nitrogens with two attached hydrogens (primary N) is 2. The molecule has 2 aromatic heterocycles. The number of halogens is 2. The Balaban J connectivity index is 1.82. The molecule has 11 heteroatoms. The van der Waals surface area contributed by atoms with E-state index in [4.69, 9.17) is 11.5 Å². The first-order valence-corrected chi connectivity index (χ1v) is 9.45. The van der Waals surface area contributed by atoms with Crippen LogP contribution in [-0.2, 0) is 11.2 Å². The van der Waals surface area contributed by atoms with Crippen LogP contribution in [0, 0.1) is 11.6 Å². The lowest BCUT2D eigenvalue weighted by molar-refractivity contribution is 0.180. The van der Waals surface area contributed by atoms with Crippen LogP contribution in [0.1, 0.15) is 11.3 Å². The first-order chi connectivity index (χ1) is 15.3. The molecule has 0 radical (unpaired) electrons. The first-order valence-electron chi connectivity index (χ1n) is 9.45. The second kappa shape index (κ2) is 8.10. The van der Waals surface area contributed by atoms with Crippen molar-refractivity contribution in [1.82, 2.24) is 19.7 Å². The molecule has 32 heavy (non-hydrogen) atoms. The third-order valence-electron chi connectivity index (χ3n) is 4.93. The van der Waals surface area contributed by atoms with Gasteiger partial charge in [0.15, 0.2) is 11.6 Å². The highest BCUT2D eigenvalue weighted by atomic mass is 19.1. The number of rotatable bonds is 4. The molecule has 0 saturated carbocycles. The molecule has 4 aromatic rings. The molecule has 9 nitrogen and oxygen atoms in total. The minimum atomic E-state index is -0.691. The standard InChI is InChI=1S/C21H19F2N7O2/c1-29(21(31)32-2)17-18(24)26-20(27-19(17)25)30-16-6-4-3-5-13(16)15(28-30)10-11-9-12(22)7-8-14(11)23/h3-9H,10H2,1-2H3,(H4,24,25,26,27). The van der Waals surface area contributed by atoms with E-state index < -0.39 is 17.7 Å². The predicted molar refractivity (Wildman–Crippen MR) is 115 cm³/mol. The van der Waals surface area contributed by atoms with Gasteiger partial charge in [0.1, 0.15) is 17.3 Å². The molecular formula is C21H19F2N7O2. The average Bonchev–Trinajstić information content (AvgIpc) is 3.13. The van der Waals surface area contributed by atoms with E-state index in [0.29, 0.717) is 16.6 Å². The summed E-state index contributed by atoms with van der Waals surface area (Å²) in [5, 5.41) is 5.22. The molecule has 0 fully saturated rings. The number of hydrogen-bond acceptors (Lipinski definition) is 7. The van der Waals surface area contributed by atoms with Gasteiger partial charge in [0.25, 0.3) is 5.95 Å². The fraction of sp³-hybridized carbons (Fsp3) is 0.143. The van der Waals surface area contributed by atoms with Gasteiger partial charge in [0.2, 0.25) is 0 Å². The third kappa shape index (κ3) is 3.64. The highest BCUT2D eigenvalue weighted by Gasteiger charge is 2.22. The van der Waals surface area contributed by atoms with Crippen LogP contribution in [0.4, 0.5) is 30.9 Å². The maximum Gasteiger partial charge on any atom is 0.413 e. The molecule has 1 amide bonds. The van der Waals surface area contributed by atoms with Gasteiger partial charge in [0, 0.05) is 18.9 Å². The van der Waals surface area contributed by atoms with E-state index in [9.17, 15) is 13.6 Å². The Morgan fingerprint density at radius 3 is 2.50 bits per heavy atom. The second-order valence-electron chi connectivity index (χ2n) is 6.96. The van der Waals surface area contributed by atoms with Crippen molar-refractivity contribution >= 4 is 34.3 Å². The van der Waals surface area contributed by atoms with Gasteiger partial charge in [-0.15, -0.1) is 0 Å². The van der Waals surface area contributed by atoms with E-state index in [1.807, 2.05) is 0 Å². The van der Waals surface area contributed by atoms with E-state index in [1.54, 1.807) is 24.3 Å². The number of nitrogen functional groups attached to an aromatic ring is 2. The average molecular weight is 439 g/mol. The topological polar surface area (TPSA) is 125 Å². The van der Waals surface area contributed by atoms with E-state index in [1.165, 1.54) is 18.8 Å². The van der Waals surface area contributed by atoms with Crippen molar-refractivity contribution < 1.29 is 18.3 Å². The highest BCUT2D eigenvalue weighted by molar-refractivity contribution is 5.94. The lowest BCUT2D eigenvalue weighted by atomic mass is 10.1. The van der Waals surface area contributed by atoms with Gasteiger partial charge in [-0.25, -0.2) is 13.6 Å². The zero-order valence-electron chi connectivity index (χ0n) is 17.2. The molecule has 0 saturated heterocycles. The lowest BCUT2D eigenvalue weighted by Crippen LogP contribution is -2.28. The number of amides is 1. The summed E-state index contributed by atoms with van der Waals surface area (Å²) in [5.41, 5.74) is 13.5. The maximum atomic E-state index is 14.2. The number of carbonyl (C=O) groups excluding carboxylic acids is 1. The number of para-hydroxylation sites is 1. The van der Waals surface area contributed by atoms with Crippen LogP contribution < -0.4 is 16.4 Å². The number of aromatic nitrogens is 4. The molecule has 2 aromatic carbocycles. The SMILES string of the molecule is COC(=O)N(C)c1c(N)nc(-n2nc(Cc3cc(F)ccc3F)c3ccccc32)nc1N. The molecule has 4 rings (SSSR count). The molecule has 0 spiro atoms. The van der Waals surface area contributed by atoms with E-state index in [-0.39, 0.29) is 35.3 Å². The fourth-order valence-electron chi connectivity index (χ4n) is 3.42. The van der Waals surface area contributed by atoms with E-state index in [2.05, 4.69) is 19.8 Å².